The van der Waals surface area contributed by atoms with Gasteiger partial charge in [-0.25, -0.2) is 9.78 Å². The minimum Gasteiger partial charge on any atom is -0.382 e. The second kappa shape index (κ2) is 6.36. The van der Waals surface area contributed by atoms with E-state index in [1.54, 1.807) is 4.57 Å². The minimum atomic E-state index is -0.330. The highest BCUT2D eigenvalue weighted by atomic mass is 16.1. The SMILES string of the molecule is C=C(NC1CC1)c1cc(-c2cnc3c(c2)[nH]c(=O)n3C(C)(C)C)c(C)cc1C. The van der Waals surface area contributed by atoms with Gasteiger partial charge in [0.05, 0.1) is 5.52 Å². The van der Waals surface area contributed by atoms with Gasteiger partial charge in [-0.3, -0.25) is 4.57 Å². The van der Waals surface area contributed by atoms with E-state index in [0.717, 1.165) is 27.9 Å². The average molecular weight is 377 g/mol. The zero-order valence-corrected chi connectivity index (χ0v) is 17.3. The van der Waals surface area contributed by atoms with Gasteiger partial charge in [-0.2, -0.15) is 0 Å². The molecule has 0 spiro atoms. The number of nitrogens with one attached hydrogen (secondary N) is 2. The van der Waals surface area contributed by atoms with Crippen molar-refractivity contribution in [1.29, 1.82) is 0 Å². The Labute approximate surface area is 165 Å². The molecule has 5 nitrogen and oxygen atoms in total. The fourth-order valence-corrected chi connectivity index (χ4v) is 3.80. The topological polar surface area (TPSA) is 62.7 Å². The fraction of sp³-hybridized carbons (Fsp3) is 0.391. The number of hydrogen-bond acceptors (Lipinski definition) is 3. The summed E-state index contributed by atoms with van der Waals surface area (Å²) >= 11 is 0. The van der Waals surface area contributed by atoms with Crippen molar-refractivity contribution in [3.05, 3.63) is 58.1 Å². The smallest absolute Gasteiger partial charge is 0.328 e. The molecule has 1 saturated carbocycles. The summed E-state index contributed by atoms with van der Waals surface area (Å²) in [5, 5.41) is 3.51. The molecular formula is C23H28N4O. The summed E-state index contributed by atoms with van der Waals surface area (Å²) < 4.78 is 1.71. The Balaban J connectivity index is 1.81. The molecule has 0 aliphatic heterocycles. The lowest BCUT2D eigenvalue weighted by molar-refractivity contribution is 0.395. The van der Waals surface area contributed by atoms with Crippen molar-refractivity contribution >= 4 is 16.9 Å². The predicted molar refractivity (Wildman–Crippen MR) is 115 cm³/mol. The van der Waals surface area contributed by atoms with Gasteiger partial charge in [0, 0.05) is 34.6 Å². The van der Waals surface area contributed by atoms with Crippen molar-refractivity contribution < 1.29 is 0 Å². The van der Waals surface area contributed by atoms with Gasteiger partial charge in [-0.15, -0.1) is 0 Å². The van der Waals surface area contributed by atoms with Gasteiger partial charge in [-0.1, -0.05) is 12.6 Å². The molecule has 2 aromatic heterocycles. The number of nitrogens with zero attached hydrogens (tertiary/aromatic N) is 2. The molecule has 28 heavy (non-hydrogen) atoms. The largest absolute Gasteiger partial charge is 0.382 e. The number of aromatic nitrogens is 3. The van der Waals surface area contributed by atoms with Gasteiger partial charge in [0.25, 0.3) is 0 Å². The van der Waals surface area contributed by atoms with Gasteiger partial charge < -0.3 is 10.3 Å². The molecule has 1 aromatic carbocycles. The molecule has 0 bridgehead atoms. The van der Waals surface area contributed by atoms with Crippen molar-refractivity contribution in [3.63, 3.8) is 0 Å². The van der Waals surface area contributed by atoms with E-state index in [2.05, 4.69) is 47.8 Å². The highest BCUT2D eigenvalue weighted by Crippen LogP contribution is 2.31. The molecule has 4 rings (SSSR count). The summed E-state index contributed by atoms with van der Waals surface area (Å²) in [6.07, 6.45) is 4.29. The van der Waals surface area contributed by atoms with Crippen LogP contribution >= 0.6 is 0 Å². The normalized spacial score (nSPS) is 14.5. The van der Waals surface area contributed by atoms with Gasteiger partial charge in [0.15, 0.2) is 5.65 Å². The second-order valence-corrected chi connectivity index (χ2v) is 8.91. The number of H-pyrrole nitrogens is 1. The predicted octanol–water partition coefficient (Wildman–Crippen LogP) is 4.49. The molecule has 0 atom stereocenters. The van der Waals surface area contributed by atoms with Crippen molar-refractivity contribution in [2.24, 2.45) is 0 Å². The zero-order valence-electron chi connectivity index (χ0n) is 17.3. The zero-order chi connectivity index (χ0) is 20.2. The minimum absolute atomic E-state index is 0.129. The van der Waals surface area contributed by atoms with Crippen LogP contribution in [0.1, 0.15) is 50.3 Å². The molecule has 1 fully saturated rings. The van der Waals surface area contributed by atoms with Crippen molar-refractivity contribution in [2.75, 3.05) is 0 Å². The van der Waals surface area contributed by atoms with Crippen LogP contribution in [0.2, 0.25) is 0 Å². The van der Waals surface area contributed by atoms with E-state index in [1.165, 1.54) is 24.0 Å². The summed E-state index contributed by atoms with van der Waals surface area (Å²) in [6.45, 7) is 14.5. The number of imidazole rings is 1. The summed E-state index contributed by atoms with van der Waals surface area (Å²) in [6, 6.07) is 6.96. The number of aromatic amines is 1. The molecule has 2 N–H and O–H groups in total. The van der Waals surface area contributed by atoms with Gasteiger partial charge in [-0.05, 0) is 76.3 Å². The molecule has 0 amide bonds. The van der Waals surface area contributed by atoms with Crippen molar-refractivity contribution in [2.45, 2.75) is 59.0 Å². The van der Waals surface area contributed by atoms with E-state index >= 15 is 0 Å². The maximum Gasteiger partial charge on any atom is 0.328 e. The van der Waals surface area contributed by atoms with Crippen LogP contribution in [0.5, 0.6) is 0 Å². The fourth-order valence-electron chi connectivity index (χ4n) is 3.80. The quantitative estimate of drug-likeness (QED) is 0.705. The second-order valence-electron chi connectivity index (χ2n) is 8.91. The van der Waals surface area contributed by atoms with Gasteiger partial charge >= 0.3 is 5.69 Å². The highest BCUT2D eigenvalue weighted by molar-refractivity contribution is 5.81. The lowest BCUT2D eigenvalue weighted by atomic mass is 9.94. The summed E-state index contributed by atoms with van der Waals surface area (Å²) in [4.78, 5) is 20.0. The Hall–Kier alpha value is -2.82. The molecule has 5 heteroatoms. The summed E-state index contributed by atoms with van der Waals surface area (Å²) in [5.41, 5.74) is 7.58. The van der Waals surface area contributed by atoms with Crippen molar-refractivity contribution in [1.82, 2.24) is 19.9 Å². The Morgan fingerprint density at radius 2 is 1.93 bits per heavy atom. The summed E-state index contributed by atoms with van der Waals surface area (Å²) in [7, 11) is 0. The number of pyridine rings is 1. The van der Waals surface area contributed by atoms with Gasteiger partial charge in [0.1, 0.15) is 0 Å². The third-order valence-electron chi connectivity index (χ3n) is 5.36. The molecule has 3 aromatic rings. The maximum absolute atomic E-state index is 12.4. The van der Waals surface area contributed by atoms with E-state index < -0.39 is 0 Å². The molecule has 0 saturated heterocycles. The first kappa shape index (κ1) is 18.5. The van der Waals surface area contributed by atoms with Crippen LogP contribution in [0.4, 0.5) is 0 Å². The van der Waals surface area contributed by atoms with Crippen LogP contribution in [0.25, 0.3) is 28.0 Å². The van der Waals surface area contributed by atoms with Gasteiger partial charge in [0.2, 0.25) is 0 Å². The lowest BCUT2D eigenvalue weighted by Crippen LogP contribution is -2.32. The van der Waals surface area contributed by atoms with Crippen LogP contribution in [0, 0.1) is 13.8 Å². The van der Waals surface area contributed by atoms with Crippen LogP contribution in [0.3, 0.4) is 0 Å². The Morgan fingerprint density at radius 1 is 1.21 bits per heavy atom. The van der Waals surface area contributed by atoms with E-state index in [-0.39, 0.29) is 11.2 Å². The highest BCUT2D eigenvalue weighted by Gasteiger charge is 2.23. The molecule has 1 aliphatic rings. The molecule has 2 heterocycles. The Morgan fingerprint density at radius 3 is 2.57 bits per heavy atom. The Bertz CT molecular complexity index is 1140. The van der Waals surface area contributed by atoms with Crippen LogP contribution in [-0.4, -0.2) is 20.6 Å². The third kappa shape index (κ3) is 3.26. The van der Waals surface area contributed by atoms with Crippen LogP contribution in [-0.2, 0) is 5.54 Å². The van der Waals surface area contributed by atoms with E-state index in [0.29, 0.717) is 11.7 Å². The first-order chi connectivity index (χ1) is 13.1. The maximum atomic E-state index is 12.4. The summed E-state index contributed by atoms with van der Waals surface area (Å²) in [5.74, 6) is 0. The first-order valence-corrected chi connectivity index (χ1v) is 9.84. The lowest BCUT2D eigenvalue weighted by Gasteiger charge is -2.20. The molecule has 0 unspecified atom stereocenters. The Kier molecular flexibility index (Phi) is 4.21. The number of rotatable bonds is 4. The molecule has 1 aliphatic carbocycles. The monoisotopic (exact) mass is 376 g/mol. The number of benzene rings is 1. The van der Waals surface area contributed by atoms with Crippen LogP contribution < -0.4 is 11.0 Å². The molecule has 0 radical (unpaired) electrons. The van der Waals surface area contributed by atoms with E-state index in [4.69, 9.17) is 0 Å². The van der Waals surface area contributed by atoms with Crippen LogP contribution in [0.15, 0.2) is 35.8 Å². The van der Waals surface area contributed by atoms with E-state index in [9.17, 15) is 4.79 Å². The molecular weight excluding hydrogens is 348 g/mol. The average Bonchev–Trinajstić information content (AvgIpc) is 3.32. The van der Waals surface area contributed by atoms with E-state index in [1.807, 2.05) is 33.0 Å². The number of fused-ring (bicyclic) bond motifs is 1. The molecule has 146 valence electrons. The number of aryl methyl sites for hydroxylation is 2. The standard InChI is InChI=1S/C23H28N4O/c1-13-9-14(2)19(11-18(13)15(3)25-17-7-8-17)16-10-20-21(24-12-16)27(22(28)26-20)23(4,5)6/h9-12,17,25H,3,7-8H2,1-2,4-6H3,(H,26,28). The van der Waals surface area contributed by atoms with Crippen molar-refractivity contribution in [3.8, 4) is 11.1 Å². The number of hydrogen-bond donors (Lipinski definition) is 2. The first-order valence-electron chi connectivity index (χ1n) is 9.84. The third-order valence-corrected chi connectivity index (χ3v) is 5.36.